The SMILES string of the molecule is CC/C=C\C/C=C\C/C=C\C/C=C\C/C=C\C/C=C\CCCCCCCCC(=O)NC(COP(=O)([O-])OCC[N+](C)(C)C)C(O)CCCCCCCCCCCCCCCC. The highest BCUT2D eigenvalue weighted by Gasteiger charge is 2.24. The Hall–Kier alpha value is -2.06. The van der Waals surface area contributed by atoms with E-state index in [-0.39, 0.29) is 19.1 Å². The van der Waals surface area contributed by atoms with Gasteiger partial charge in [-0.05, 0) is 64.2 Å². The lowest BCUT2D eigenvalue weighted by molar-refractivity contribution is -0.870. The Kier molecular flexibility index (Phi) is 41.7. The number of quaternary nitrogens is 1. The van der Waals surface area contributed by atoms with Crippen molar-refractivity contribution in [1.82, 2.24) is 5.32 Å². The fraction of sp³-hybridized carbons (Fsp3) is 0.750. The van der Waals surface area contributed by atoms with E-state index in [2.05, 4.69) is 92.1 Å². The molecule has 0 aromatic heterocycles. The number of aliphatic hydroxyl groups is 1. The molecule has 354 valence electrons. The molecule has 0 aliphatic carbocycles. The minimum atomic E-state index is -4.57. The molecular formula is C52H95N2O6P. The fourth-order valence-electron chi connectivity index (χ4n) is 6.81. The van der Waals surface area contributed by atoms with Crippen LogP contribution in [0.25, 0.3) is 0 Å². The maximum absolute atomic E-state index is 12.9. The number of aliphatic hydroxyl groups excluding tert-OH is 1. The van der Waals surface area contributed by atoms with Crippen molar-refractivity contribution in [3.63, 3.8) is 0 Å². The Labute approximate surface area is 376 Å². The zero-order chi connectivity index (χ0) is 45.0. The van der Waals surface area contributed by atoms with Crippen LogP contribution < -0.4 is 10.2 Å². The summed E-state index contributed by atoms with van der Waals surface area (Å²) in [6.07, 6.45) is 57.6. The normalized spacial score (nSPS) is 14.8. The van der Waals surface area contributed by atoms with E-state index in [1.807, 2.05) is 21.1 Å². The van der Waals surface area contributed by atoms with Crippen LogP contribution in [0.5, 0.6) is 0 Å². The highest BCUT2D eigenvalue weighted by atomic mass is 31.2. The molecule has 3 atom stereocenters. The van der Waals surface area contributed by atoms with Gasteiger partial charge in [-0.1, -0.05) is 202 Å². The Balaban J connectivity index is 4.31. The number of carbonyl (C=O) groups is 1. The lowest BCUT2D eigenvalue weighted by atomic mass is 10.0. The Bertz CT molecular complexity index is 1220. The molecule has 1 amide bonds. The van der Waals surface area contributed by atoms with Crippen molar-refractivity contribution in [3.8, 4) is 0 Å². The second kappa shape index (κ2) is 43.2. The van der Waals surface area contributed by atoms with Crippen LogP contribution in [0.15, 0.2) is 72.9 Å². The van der Waals surface area contributed by atoms with Gasteiger partial charge < -0.3 is 28.8 Å². The van der Waals surface area contributed by atoms with Crippen molar-refractivity contribution < 1.29 is 32.9 Å². The third-order valence-corrected chi connectivity index (χ3v) is 11.7. The summed E-state index contributed by atoms with van der Waals surface area (Å²) < 4.78 is 23.3. The number of nitrogens with one attached hydrogen (secondary N) is 1. The highest BCUT2D eigenvalue weighted by Crippen LogP contribution is 2.38. The third-order valence-electron chi connectivity index (χ3n) is 10.7. The van der Waals surface area contributed by atoms with Crippen molar-refractivity contribution in [3.05, 3.63) is 72.9 Å². The van der Waals surface area contributed by atoms with Crippen molar-refractivity contribution >= 4 is 13.7 Å². The smallest absolute Gasteiger partial charge is 0.268 e. The molecule has 0 fully saturated rings. The van der Waals surface area contributed by atoms with Gasteiger partial charge in [-0.2, -0.15) is 0 Å². The molecule has 0 saturated heterocycles. The number of hydrogen-bond donors (Lipinski definition) is 2. The second-order valence-corrected chi connectivity index (χ2v) is 19.2. The van der Waals surface area contributed by atoms with Gasteiger partial charge in [0.1, 0.15) is 13.2 Å². The quantitative estimate of drug-likeness (QED) is 0.0273. The first-order chi connectivity index (χ1) is 29.5. The Morgan fingerprint density at radius 2 is 1.00 bits per heavy atom. The Morgan fingerprint density at radius 1 is 0.590 bits per heavy atom. The Morgan fingerprint density at radius 3 is 1.46 bits per heavy atom. The molecule has 3 unspecified atom stereocenters. The van der Waals surface area contributed by atoms with Crippen molar-refractivity contribution in [2.24, 2.45) is 0 Å². The molecule has 0 heterocycles. The van der Waals surface area contributed by atoms with Crippen LogP contribution in [0.3, 0.4) is 0 Å². The number of nitrogens with zero attached hydrogens (tertiary/aromatic N) is 1. The van der Waals surface area contributed by atoms with Gasteiger partial charge in [0, 0.05) is 6.42 Å². The van der Waals surface area contributed by atoms with Gasteiger partial charge in [-0.25, -0.2) is 0 Å². The molecule has 0 saturated carbocycles. The standard InChI is InChI=1S/C52H95N2O6P/c1-6-8-10-12-14-16-18-20-22-23-24-25-26-27-28-29-30-31-32-34-36-38-40-42-44-46-52(56)53-50(49-60-61(57,58)59-48-47-54(3,4)5)51(55)45-43-41-39-37-35-33-21-19-17-15-13-11-9-7-2/h8,10,14,16,20,22,24-25,27-28,30-31,50-51,55H,6-7,9,11-13,15,17-19,21,23,26,29,32-49H2,1-5H3,(H-,53,56,57,58)/b10-8-,16-14-,22-20-,25-24-,28-27-,31-30-. The first-order valence-electron chi connectivity index (χ1n) is 24.8. The third kappa shape index (κ3) is 45.8. The number of phosphoric acid groups is 1. The van der Waals surface area contributed by atoms with Gasteiger partial charge >= 0.3 is 0 Å². The molecule has 0 aliphatic heterocycles. The molecular weight excluding hydrogens is 780 g/mol. The second-order valence-electron chi connectivity index (χ2n) is 17.8. The molecule has 0 aromatic rings. The number of rotatable bonds is 44. The average Bonchev–Trinajstić information content (AvgIpc) is 3.21. The van der Waals surface area contributed by atoms with Gasteiger partial charge in [0.25, 0.3) is 7.82 Å². The van der Waals surface area contributed by atoms with Crippen LogP contribution in [-0.2, 0) is 18.4 Å². The van der Waals surface area contributed by atoms with Gasteiger partial charge in [-0.15, -0.1) is 0 Å². The largest absolute Gasteiger partial charge is 0.756 e. The number of phosphoric ester groups is 1. The number of hydrogen-bond acceptors (Lipinski definition) is 6. The molecule has 0 aliphatic rings. The van der Waals surface area contributed by atoms with E-state index < -0.39 is 20.0 Å². The summed E-state index contributed by atoms with van der Waals surface area (Å²) in [7, 11) is 1.28. The number of amides is 1. The number of carbonyl (C=O) groups excluding carboxylic acids is 1. The minimum absolute atomic E-state index is 0.00537. The van der Waals surface area contributed by atoms with E-state index in [1.165, 1.54) is 83.5 Å². The topological polar surface area (TPSA) is 108 Å². The van der Waals surface area contributed by atoms with Gasteiger partial charge in [0.05, 0.1) is 39.9 Å². The summed E-state index contributed by atoms with van der Waals surface area (Å²) in [5, 5.41) is 13.9. The summed E-state index contributed by atoms with van der Waals surface area (Å²) in [5.74, 6) is -0.182. The van der Waals surface area contributed by atoms with Crippen LogP contribution in [0.2, 0.25) is 0 Å². The highest BCUT2D eigenvalue weighted by molar-refractivity contribution is 7.45. The van der Waals surface area contributed by atoms with E-state index in [9.17, 15) is 19.4 Å². The zero-order valence-electron chi connectivity index (χ0n) is 40.1. The van der Waals surface area contributed by atoms with E-state index in [0.29, 0.717) is 23.9 Å². The summed E-state index contributed by atoms with van der Waals surface area (Å²) in [6, 6.07) is -0.812. The first-order valence-corrected chi connectivity index (χ1v) is 26.2. The van der Waals surface area contributed by atoms with E-state index in [1.54, 1.807) is 0 Å². The van der Waals surface area contributed by atoms with Crippen molar-refractivity contribution in [1.29, 1.82) is 0 Å². The average molecular weight is 875 g/mol. The number of likely N-dealkylation sites (N-methyl/N-ethyl adjacent to an activating group) is 1. The van der Waals surface area contributed by atoms with Gasteiger partial charge in [-0.3, -0.25) is 9.36 Å². The molecule has 61 heavy (non-hydrogen) atoms. The molecule has 9 heteroatoms. The van der Waals surface area contributed by atoms with Gasteiger partial charge in [0.2, 0.25) is 5.91 Å². The molecule has 0 bridgehead atoms. The summed E-state index contributed by atoms with van der Waals surface area (Å²) in [4.78, 5) is 25.4. The van der Waals surface area contributed by atoms with E-state index in [0.717, 1.165) is 89.9 Å². The van der Waals surface area contributed by atoms with Crippen molar-refractivity contribution in [2.45, 2.75) is 212 Å². The predicted molar refractivity (Wildman–Crippen MR) is 260 cm³/mol. The fourth-order valence-corrected chi connectivity index (χ4v) is 7.53. The molecule has 0 rings (SSSR count). The number of unbranched alkanes of at least 4 members (excludes halogenated alkanes) is 19. The number of allylic oxidation sites excluding steroid dienone is 12. The van der Waals surface area contributed by atoms with E-state index >= 15 is 0 Å². The summed E-state index contributed by atoms with van der Waals surface area (Å²) in [6.45, 7) is 4.58. The monoisotopic (exact) mass is 875 g/mol. The maximum Gasteiger partial charge on any atom is 0.268 e. The predicted octanol–water partition coefficient (Wildman–Crippen LogP) is 13.7. The molecule has 0 aromatic carbocycles. The van der Waals surface area contributed by atoms with Crippen LogP contribution in [0.1, 0.15) is 200 Å². The molecule has 0 spiro atoms. The zero-order valence-corrected chi connectivity index (χ0v) is 41.0. The molecule has 2 N–H and O–H groups in total. The van der Waals surface area contributed by atoms with Crippen LogP contribution in [-0.4, -0.2) is 68.5 Å². The minimum Gasteiger partial charge on any atom is -0.756 e. The molecule has 8 nitrogen and oxygen atoms in total. The summed E-state index contributed by atoms with van der Waals surface area (Å²) >= 11 is 0. The lowest BCUT2D eigenvalue weighted by Gasteiger charge is -2.30. The lowest BCUT2D eigenvalue weighted by Crippen LogP contribution is -2.46. The van der Waals surface area contributed by atoms with E-state index in [4.69, 9.17) is 9.05 Å². The van der Waals surface area contributed by atoms with Crippen LogP contribution >= 0.6 is 7.82 Å². The maximum atomic E-state index is 12.9. The van der Waals surface area contributed by atoms with Crippen LogP contribution in [0.4, 0.5) is 0 Å². The van der Waals surface area contributed by atoms with Crippen molar-refractivity contribution in [2.75, 3.05) is 40.9 Å². The molecule has 0 radical (unpaired) electrons. The van der Waals surface area contributed by atoms with Gasteiger partial charge in [0.15, 0.2) is 0 Å². The van der Waals surface area contributed by atoms with Crippen LogP contribution in [0, 0.1) is 0 Å². The first kappa shape index (κ1) is 58.9. The summed E-state index contributed by atoms with van der Waals surface area (Å²) in [5.41, 5.74) is 0.